The summed E-state index contributed by atoms with van der Waals surface area (Å²) in [6, 6.07) is 8.41. The van der Waals surface area contributed by atoms with Crippen LogP contribution >= 0.6 is 0 Å². The molecule has 1 aromatic carbocycles. The van der Waals surface area contributed by atoms with E-state index >= 15 is 0 Å². The molecule has 0 aliphatic carbocycles. The molecule has 0 spiro atoms. The number of benzene rings is 1. The molecular weight excluding hydrogens is 300 g/mol. The summed E-state index contributed by atoms with van der Waals surface area (Å²) in [5, 5.41) is 10.9. The van der Waals surface area contributed by atoms with Crippen LogP contribution < -0.4 is 4.72 Å². The maximum absolute atomic E-state index is 12.6. The lowest BCUT2D eigenvalue weighted by molar-refractivity contribution is 0.0102. The molecule has 1 aromatic heterocycles. The van der Waals surface area contributed by atoms with Crippen molar-refractivity contribution < 1.29 is 13.5 Å². The van der Waals surface area contributed by atoms with E-state index < -0.39 is 15.6 Å². The normalized spacial score (nSPS) is 16.4. The molecule has 2 unspecified atom stereocenters. The van der Waals surface area contributed by atoms with Crippen molar-refractivity contribution in [2.24, 2.45) is 5.92 Å². The Hall–Kier alpha value is -1.50. The summed E-state index contributed by atoms with van der Waals surface area (Å²) < 4.78 is 27.6. The Kier molecular flexibility index (Phi) is 4.84. The molecule has 2 N–H and O–H groups in total. The van der Waals surface area contributed by atoms with Crippen molar-refractivity contribution in [1.82, 2.24) is 9.71 Å². The molecule has 0 radical (unpaired) electrons. The summed E-state index contributed by atoms with van der Waals surface area (Å²) in [4.78, 5) is 4.34. The molecule has 0 fully saturated rings. The minimum atomic E-state index is -3.71. The number of fused-ring (bicyclic) bond motifs is 1. The summed E-state index contributed by atoms with van der Waals surface area (Å²) in [6.07, 6.45) is 2.40. The Labute approximate surface area is 131 Å². The van der Waals surface area contributed by atoms with Gasteiger partial charge in [-0.3, -0.25) is 4.98 Å². The molecule has 2 rings (SSSR count). The number of hydrogen-bond acceptors (Lipinski definition) is 4. The molecule has 0 bridgehead atoms. The topological polar surface area (TPSA) is 79.3 Å². The van der Waals surface area contributed by atoms with Crippen molar-refractivity contribution in [2.75, 3.05) is 6.54 Å². The summed E-state index contributed by atoms with van der Waals surface area (Å²) >= 11 is 0. The summed E-state index contributed by atoms with van der Waals surface area (Å²) in [5.74, 6) is -0.00983. The van der Waals surface area contributed by atoms with E-state index in [0.717, 1.165) is 6.42 Å². The maximum atomic E-state index is 12.6. The number of hydrogen-bond donors (Lipinski definition) is 2. The SMILES string of the molecule is CCC(C)C(C)(O)CNS(=O)(=O)c1cccc2ncccc12. The van der Waals surface area contributed by atoms with Crippen LogP contribution in [0.2, 0.25) is 0 Å². The predicted octanol–water partition coefficient (Wildman–Crippen LogP) is 2.31. The van der Waals surface area contributed by atoms with Crippen molar-refractivity contribution in [3.8, 4) is 0 Å². The quantitative estimate of drug-likeness (QED) is 0.855. The summed E-state index contributed by atoms with van der Waals surface area (Å²) in [5.41, 5.74) is -0.468. The van der Waals surface area contributed by atoms with Gasteiger partial charge in [0.1, 0.15) is 0 Å². The molecule has 0 saturated carbocycles. The van der Waals surface area contributed by atoms with Crippen molar-refractivity contribution >= 4 is 20.9 Å². The van der Waals surface area contributed by atoms with E-state index in [1.165, 1.54) is 0 Å². The zero-order chi connectivity index (χ0) is 16.4. The van der Waals surface area contributed by atoms with Crippen LogP contribution in [0.4, 0.5) is 0 Å². The Bertz CT molecular complexity index is 752. The number of aromatic nitrogens is 1. The van der Waals surface area contributed by atoms with Gasteiger partial charge < -0.3 is 5.11 Å². The zero-order valence-corrected chi connectivity index (χ0v) is 13.9. The molecule has 2 aromatic rings. The number of pyridine rings is 1. The third-order valence-corrected chi connectivity index (χ3v) is 5.65. The molecule has 0 aliphatic heterocycles. The Balaban J connectivity index is 2.30. The average molecular weight is 322 g/mol. The molecular formula is C16H22N2O3S. The van der Waals surface area contributed by atoms with Crippen LogP contribution in [0, 0.1) is 5.92 Å². The first kappa shape index (κ1) is 16.9. The number of nitrogens with zero attached hydrogens (tertiary/aromatic N) is 1. The molecule has 6 heteroatoms. The van der Waals surface area contributed by atoms with Crippen molar-refractivity contribution in [1.29, 1.82) is 0 Å². The van der Waals surface area contributed by atoms with Gasteiger partial charge >= 0.3 is 0 Å². The van der Waals surface area contributed by atoms with Crippen LogP contribution in [0.3, 0.4) is 0 Å². The van der Waals surface area contributed by atoms with Gasteiger partial charge in [0.15, 0.2) is 0 Å². The third-order valence-electron chi connectivity index (χ3n) is 4.19. The molecule has 22 heavy (non-hydrogen) atoms. The van der Waals surface area contributed by atoms with E-state index in [0.29, 0.717) is 10.9 Å². The van der Waals surface area contributed by atoms with Crippen LogP contribution in [0.5, 0.6) is 0 Å². The number of rotatable bonds is 6. The second-order valence-corrected chi connectivity index (χ2v) is 7.55. The highest BCUT2D eigenvalue weighted by Crippen LogP contribution is 2.23. The van der Waals surface area contributed by atoms with Crippen molar-refractivity contribution in [3.05, 3.63) is 36.5 Å². The van der Waals surface area contributed by atoms with E-state index in [1.807, 2.05) is 13.8 Å². The molecule has 1 heterocycles. The van der Waals surface area contributed by atoms with E-state index in [4.69, 9.17) is 0 Å². The van der Waals surface area contributed by atoms with Crippen molar-refractivity contribution in [2.45, 2.75) is 37.7 Å². The monoisotopic (exact) mass is 322 g/mol. The molecule has 0 saturated heterocycles. The molecule has 0 aliphatic rings. The van der Waals surface area contributed by atoms with Gasteiger partial charge in [0.2, 0.25) is 10.0 Å². The highest BCUT2D eigenvalue weighted by Gasteiger charge is 2.29. The lowest BCUT2D eigenvalue weighted by atomic mass is 9.89. The molecule has 0 amide bonds. The number of sulfonamides is 1. The average Bonchev–Trinajstić information content (AvgIpc) is 2.51. The van der Waals surface area contributed by atoms with Crippen LogP contribution in [-0.4, -0.2) is 30.7 Å². The van der Waals surface area contributed by atoms with Crippen LogP contribution in [-0.2, 0) is 10.0 Å². The van der Waals surface area contributed by atoms with Gasteiger partial charge in [-0.2, -0.15) is 0 Å². The lowest BCUT2D eigenvalue weighted by Crippen LogP contribution is -2.45. The Morgan fingerprint density at radius 2 is 2.05 bits per heavy atom. The fourth-order valence-electron chi connectivity index (χ4n) is 2.24. The van der Waals surface area contributed by atoms with E-state index in [2.05, 4.69) is 9.71 Å². The Morgan fingerprint density at radius 1 is 1.32 bits per heavy atom. The van der Waals surface area contributed by atoms with Gasteiger partial charge in [-0.25, -0.2) is 13.1 Å². The number of nitrogens with one attached hydrogen (secondary N) is 1. The standard InChI is InChI=1S/C16H22N2O3S/c1-4-12(2)16(3,19)11-18-22(20,21)15-9-5-8-14-13(15)7-6-10-17-14/h5-10,12,18-19H,4,11H2,1-3H3. The van der Waals surface area contributed by atoms with Crippen LogP contribution in [0.15, 0.2) is 41.4 Å². The van der Waals surface area contributed by atoms with Crippen LogP contribution in [0.25, 0.3) is 10.9 Å². The predicted molar refractivity (Wildman–Crippen MR) is 87.0 cm³/mol. The first-order valence-electron chi connectivity index (χ1n) is 7.33. The van der Waals surface area contributed by atoms with E-state index in [1.54, 1.807) is 43.5 Å². The smallest absolute Gasteiger partial charge is 0.241 e. The second-order valence-electron chi connectivity index (χ2n) is 5.82. The fraction of sp³-hybridized carbons (Fsp3) is 0.438. The van der Waals surface area contributed by atoms with Gasteiger partial charge in [-0.1, -0.05) is 26.3 Å². The first-order chi connectivity index (χ1) is 10.3. The third kappa shape index (κ3) is 3.45. The first-order valence-corrected chi connectivity index (χ1v) is 8.82. The molecule has 120 valence electrons. The van der Waals surface area contributed by atoms with Gasteiger partial charge in [0.05, 0.1) is 16.0 Å². The molecule has 5 nitrogen and oxygen atoms in total. The summed E-state index contributed by atoms with van der Waals surface area (Å²) in [6.45, 7) is 5.48. The summed E-state index contributed by atoms with van der Waals surface area (Å²) in [7, 11) is -3.71. The minimum absolute atomic E-state index is 0.00983. The minimum Gasteiger partial charge on any atom is -0.389 e. The van der Waals surface area contributed by atoms with E-state index in [9.17, 15) is 13.5 Å². The second kappa shape index (κ2) is 6.32. The maximum Gasteiger partial charge on any atom is 0.241 e. The number of aliphatic hydroxyl groups is 1. The van der Waals surface area contributed by atoms with Gasteiger partial charge in [0.25, 0.3) is 0 Å². The van der Waals surface area contributed by atoms with Gasteiger partial charge in [-0.05, 0) is 37.1 Å². The van der Waals surface area contributed by atoms with Crippen molar-refractivity contribution in [3.63, 3.8) is 0 Å². The Morgan fingerprint density at radius 3 is 2.73 bits per heavy atom. The fourth-order valence-corrected chi connectivity index (χ4v) is 3.60. The van der Waals surface area contributed by atoms with E-state index in [-0.39, 0.29) is 17.4 Å². The zero-order valence-electron chi connectivity index (χ0n) is 13.1. The largest absolute Gasteiger partial charge is 0.389 e. The highest BCUT2D eigenvalue weighted by atomic mass is 32.2. The molecule has 2 atom stereocenters. The highest BCUT2D eigenvalue weighted by molar-refractivity contribution is 7.89. The van der Waals surface area contributed by atoms with Gasteiger partial charge in [-0.15, -0.1) is 0 Å². The van der Waals surface area contributed by atoms with Crippen LogP contribution in [0.1, 0.15) is 27.2 Å². The van der Waals surface area contributed by atoms with Gasteiger partial charge in [0, 0.05) is 18.1 Å². The lowest BCUT2D eigenvalue weighted by Gasteiger charge is -2.29.